The quantitative estimate of drug-likeness (QED) is 0.658. The second kappa shape index (κ2) is 5.80. The van der Waals surface area contributed by atoms with Gasteiger partial charge in [0.15, 0.2) is 8.32 Å². The van der Waals surface area contributed by atoms with Crippen molar-refractivity contribution in [1.29, 1.82) is 0 Å². The minimum absolute atomic E-state index is 0.0791. The molecule has 1 fully saturated rings. The molecule has 1 aliphatic carbocycles. The molecule has 1 aromatic carbocycles. The van der Waals surface area contributed by atoms with Crippen molar-refractivity contribution < 1.29 is 13.2 Å². The highest BCUT2D eigenvalue weighted by molar-refractivity contribution is 6.74. The fourth-order valence-electron chi connectivity index (χ4n) is 2.75. The van der Waals surface area contributed by atoms with Crippen molar-refractivity contribution in [1.82, 2.24) is 0 Å². The first-order valence-corrected chi connectivity index (χ1v) is 10.6. The predicted molar refractivity (Wildman–Crippen MR) is 85.0 cm³/mol. The Labute approximate surface area is 127 Å². The van der Waals surface area contributed by atoms with E-state index in [0.717, 1.165) is 19.3 Å². The van der Waals surface area contributed by atoms with E-state index in [1.165, 1.54) is 18.2 Å². The molecule has 0 spiro atoms. The molecule has 2 atom stereocenters. The Hall–Kier alpha value is -0.743. The van der Waals surface area contributed by atoms with Gasteiger partial charge < -0.3 is 4.43 Å². The zero-order valence-corrected chi connectivity index (χ0v) is 14.7. The van der Waals surface area contributed by atoms with Gasteiger partial charge in [0.1, 0.15) is 11.6 Å². The summed E-state index contributed by atoms with van der Waals surface area (Å²) >= 11 is 0. The van der Waals surface area contributed by atoms with Crippen LogP contribution in [0.3, 0.4) is 0 Å². The fourth-order valence-corrected chi connectivity index (χ4v) is 4.15. The van der Waals surface area contributed by atoms with E-state index in [4.69, 9.17) is 4.43 Å². The minimum Gasteiger partial charge on any atom is -0.414 e. The molecule has 1 unspecified atom stereocenters. The van der Waals surface area contributed by atoms with Crippen molar-refractivity contribution in [3.8, 4) is 0 Å². The van der Waals surface area contributed by atoms with Gasteiger partial charge in [-0.15, -0.1) is 0 Å². The van der Waals surface area contributed by atoms with Crippen molar-refractivity contribution in [3.63, 3.8) is 0 Å². The third-order valence-electron chi connectivity index (χ3n) is 5.05. The summed E-state index contributed by atoms with van der Waals surface area (Å²) in [4.78, 5) is 0. The highest BCUT2D eigenvalue weighted by Crippen LogP contribution is 2.43. The highest BCUT2D eigenvalue weighted by atomic mass is 28.4. The van der Waals surface area contributed by atoms with Gasteiger partial charge >= 0.3 is 0 Å². The van der Waals surface area contributed by atoms with Crippen LogP contribution in [-0.2, 0) is 4.43 Å². The van der Waals surface area contributed by atoms with Crippen molar-refractivity contribution in [3.05, 3.63) is 35.4 Å². The van der Waals surface area contributed by atoms with E-state index in [-0.39, 0.29) is 28.7 Å². The molecule has 21 heavy (non-hydrogen) atoms. The van der Waals surface area contributed by atoms with Crippen LogP contribution in [0.4, 0.5) is 8.78 Å². The van der Waals surface area contributed by atoms with E-state index >= 15 is 0 Å². The standard InChI is InChI=1S/C17H26F2OSi/c1-17(2,3)21(4,5)20-14-8-6-12(10-14)15-11-13(18)7-9-16(15)19/h7,9,11-12,14H,6,8,10H2,1-5H3/t12?,14-/m0/s1. The molecule has 4 heteroatoms. The molecule has 2 rings (SSSR count). The van der Waals surface area contributed by atoms with Crippen LogP contribution in [0.25, 0.3) is 0 Å². The molecule has 118 valence electrons. The van der Waals surface area contributed by atoms with Crippen molar-refractivity contribution in [2.45, 2.75) is 70.2 Å². The van der Waals surface area contributed by atoms with Gasteiger partial charge in [0, 0.05) is 6.10 Å². The fraction of sp³-hybridized carbons (Fsp3) is 0.647. The van der Waals surface area contributed by atoms with Crippen LogP contribution >= 0.6 is 0 Å². The Balaban J connectivity index is 2.06. The molecule has 0 aliphatic heterocycles. The molecule has 1 aliphatic rings. The summed E-state index contributed by atoms with van der Waals surface area (Å²) in [5.41, 5.74) is 0.510. The third kappa shape index (κ3) is 3.72. The number of hydrogen-bond donors (Lipinski definition) is 0. The second-order valence-corrected chi connectivity index (χ2v) is 12.4. The summed E-state index contributed by atoms with van der Waals surface area (Å²) in [6.45, 7) is 11.1. The monoisotopic (exact) mass is 312 g/mol. The van der Waals surface area contributed by atoms with Crippen LogP contribution < -0.4 is 0 Å². The van der Waals surface area contributed by atoms with Crippen LogP contribution in [0.5, 0.6) is 0 Å². The average molecular weight is 312 g/mol. The number of rotatable bonds is 3. The largest absolute Gasteiger partial charge is 0.414 e. The van der Waals surface area contributed by atoms with Crippen molar-refractivity contribution >= 4 is 8.32 Å². The first kappa shape index (κ1) is 16.6. The van der Waals surface area contributed by atoms with Crippen LogP contribution in [0.15, 0.2) is 18.2 Å². The first-order chi connectivity index (χ1) is 9.60. The highest BCUT2D eigenvalue weighted by Gasteiger charge is 2.41. The summed E-state index contributed by atoms with van der Waals surface area (Å²) in [6.07, 6.45) is 2.79. The zero-order valence-electron chi connectivity index (χ0n) is 13.7. The molecule has 0 amide bonds. The smallest absolute Gasteiger partial charge is 0.192 e. The van der Waals surface area contributed by atoms with E-state index in [2.05, 4.69) is 33.9 Å². The summed E-state index contributed by atoms with van der Waals surface area (Å²) in [5.74, 6) is -0.579. The molecule has 0 saturated heterocycles. The van der Waals surface area contributed by atoms with Crippen molar-refractivity contribution in [2.75, 3.05) is 0 Å². The van der Waals surface area contributed by atoms with Crippen LogP contribution in [0.2, 0.25) is 18.1 Å². The Kier molecular flexibility index (Phi) is 4.59. The normalized spacial score (nSPS) is 23.6. The first-order valence-electron chi connectivity index (χ1n) is 7.73. The van der Waals surface area contributed by atoms with E-state index in [1.54, 1.807) is 0 Å². The number of halogens is 2. The summed E-state index contributed by atoms with van der Waals surface area (Å²) in [7, 11) is -1.79. The molecular formula is C17H26F2OSi. The van der Waals surface area contributed by atoms with E-state index in [9.17, 15) is 8.78 Å². The molecule has 1 saturated carbocycles. The lowest BCUT2D eigenvalue weighted by Gasteiger charge is -2.38. The SMILES string of the molecule is CC(C)(C)[Si](C)(C)O[C@H]1CCC(c2cc(F)ccc2F)C1. The zero-order chi connectivity index (χ0) is 15.8. The molecule has 0 aromatic heterocycles. The van der Waals surface area contributed by atoms with Gasteiger partial charge in [0.2, 0.25) is 0 Å². The van der Waals surface area contributed by atoms with Crippen LogP contribution in [0.1, 0.15) is 51.5 Å². The van der Waals surface area contributed by atoms with Gasteiger partial charge in [-0.25, -0.2) is 8.78 Å². The molecule has 0 bridgehead atoms. The van der Waals surface area contributed by atoms with Gasteiger partial charge in [-0.05, 0) is 67.1 Å². The van der Waals surface area contributed by atoms with Gasteiger partial charge in [-0.3, -0.25) is 0 Å². The second-order valence-electron chi connectivity index (χ2n) is 7.68. The van der Waals surface area contributed by atoms with Crippen LogP contribution in [-0.4, -0.2) is 14.4 Å². The molecule has 1 aromatic rings. The van der Waals surface area contributed by atoms with Gasteiger partial charge in [-0.1, -0.05) is 20.8 Å². The number of benzene rings is 1. The minimum atomic E-state index is -1.79. The maximum absolute atomic E-state index is 13.9. The van der Waals surface area contributed by atoms with Crippen molar-refractivity contribution in [2.24, 2.45) is 0 Å². The summed E-state index contributed by atoms with van der Waals surface area (Å²) < 4.78 is 33.6. The Morgan fingerprint density at radius 3 is 2.43 bits per heavy atom. The van der Waals surface area contributed by atoms with E-state index in [1.807, 2.05) is 0 Å². The predicted octanol–water partition coefficient (Wildman–Crippen LogP) is 5.62. The number of hydrogen-bond acceptors (Lipinski definition) is 1. The van der Waals surface area contributed by atoms with Gasteiger partial charge in [-0.2, -0.15) is 0 Å². The average Bonchev–Trinajstić information content (AvgIpc) is 2.78. The van der Waals surface area contributed by atoms with E-state index in [0.29, 0.717) is 5.56 Å². The lowest BCUT2D eigenvalue weighted by atomic mass is 9.97. The Morgan fingerprint density at radius 1 is 1.14 bits per heavy atom. The topological polar surface area (TPSA) is 9.23 Å². The lowest BCUT2D eigenvalue weighted by molar-refractivity contribution is 0.186. The summed E-state index contributed by atoms with van der Waals surface area (Å²) in [6, 6.07) is 3.75. The maximum Gasteiger partial charge on any atom is 0.192 e. The van der Waals surface area contributed by atoms with Gasteiger partial charge in [0.05, 0.1) is 0 Å². The molecule has 0 radical (unpaired) electrons. The lowest BCUT2D eigenvalue weighted by Crippen LogP contribution is -2.43. The molecular weight excluding hydrogens is 286 g/mol. The van der Waals surface area contributed by atoms with Crippen LogP contribution in [0, 0.1) is 11.6 Å². The molecule has 0 N–H and O–H groups in total. The molecule has 0 heterocycles. The third-order valence-corrected chi connectivity index (χ3v) is 9.58. The molecule has 1 nitrogen and oxygen atoms in total. The summed E-state index contributed by atoms with van der Waals surface area (Å²) in [5, 5.41) is 0.176. The van der Waals surface area contributed by atoms with E-state index < -0.39 is 8.32 Å². The van der Waals surface area contributed by atoms with Gasteiger partial charge in [0.25, 0.3) is 0 Å². The maximum atomic E-state index is 13.9. The Bertz CT molecular complexity index is 508. The Morgan fingerprint density at radius 2 is 1.81 bits per heavy atom.